The van der Waals surface area contributed by atoms with Crippen LogP contribution in [0.1, 0.15) is 37.4 Å². The van der Waals surface area contributed by atoms with Crippen LogP contribution in [0, 0.1) is 5.82 Å². The first-order chi connectivity index (χ1) is 9.10. The molecule has 1 aliphatic carbocycles. The summed E-state index contributed by atoms with van der Waals surface area (Å²) in [5.41, 5.74) is 0.588. The molecule has 1 spiro atoms. The lowest BCUT2D eigenvalue weighted by molar-refractivity contribution is -0.114. The molecule has 0 amide bonds. The molecule has 5 heteroatoms. The van der Waals surface area contributed by atoms with E-state index in [4.69, 9.17) is 27.9 Å². The summed E-state index contributed by atoms with van der Waals surface area (Å²) in [6.45, 7) is 1.53. The van der Waals surface area contributed by atoms with Crippen molar-refractivity contribution in [3.63, 3.8) is 0 Å². The predicted molar refractivity (Wildman–Crippen MR) is 74.3 cm³/mol. The highest BCUT2D eigenvalue weighted by molar-refractivity contribution is 6.35. The highest BCUT2D eigenvalue weighted by Crippen LogP contribution is 2.41. The van der Waals surface area contributed by atoms with E-state index in [-0.39, 0.29) is 16.7 Å². The van der Waals surface area contributed by atoms with Crippen LogP contribution in [0.2, 0.25) is 10.0 Å². The average Bonchev–Trinajstić information content (AvgIpc) is 2.82. The monoisotopic (exact) mass is 303 g/mol. The van der Waals surface area contributed by atoms with Gasteiger partial charge < -0.3 is 10.1 Å². The summed E-state index contributed by atoms with van der Waals surface area (Å²) in [4.78, 5) is 0. The van der Waals surface area contributed by atoms with E-state index in [9.17, 15) is 4.39 Å². The molecule has 2 fully saturated rings. The van der Waals surface area contributed by atoms with Crippen LogP contribution >= 0.6 is 23.2 Å². The zero-order valence-electron chi connectivity index (χ0n) is 10.5. The van der Waals surface area contributed by atoms with E-state index in [1.54, 1.807) is 0 Å². The average molecular weight is 304 g/mol. The van der Waals surface area contributed by atoms with Crippen molar-refractivity contribution in [1.29, 1.82) is 0 Å². The van der Waals surface area contributed by atoms with Crippen molar-refractivity contribution in [2.75, 3.05) is 13.1 Å². The Labute approximate surface area is 122 Å². The first kappa shape index (κ1) is 13.6. The number of nitrogens with one attached hydrogen (secondary N) is 1. The van der Waals surface area contributed by atoms with Crippen molar-refractivity contribution in [1.82, 2.24) is 5.32 Å². The Morgan fingerprint density at radius 2 is 1.95 bits per heavy atom. The fourth-order valence-electron chi connectivity index (χ4n) is 3.09. The third kappa shape index (κ3) is 2.62. The van der Waals surface area contributed by atoms with E-state index in [0.29, 0.717) is 17.1 Å². The van der Waals surface area contributed by atoms with E-state index in [2.05, 4.69) is 5.32 Å². The fourth-order valence-corrected chi connectivity index (χ4v) is 3.59. The number of benzene rings is 1. The topological polar surface area (TPSA) is 21.3 Å². The maximum Gasteiger partial charge on any atom is 0.142 e. The van der Waals surface area contributed by atoms with Crippen molar-refractivity contribution < 1.29 is 9.13 Å². The van der Waals surface area contributed by atoms with Crippen LogP contribution < -0.4 is 5.32 Å². The molecule has 0 bridgehead atoms. The van der Waals surface area contributed by atoms with Crippen molar-refractivity contribution in [2.45, 2.75) is 37.4 Å². The number of morpholine rings is 1. The summed E-state index contributed by atoms with van der Waals surface area (Å²) in [7, 11) is 0. The predicted octanol–water partition coefficient (Wildman–Crippen LogP) is 4.11. The molecular weight excluding hydrogens is 288 g/mol. The van der Waals surface area contributed by atoms with E-state index in [1.807, 2.05) is 0 Å². The van der Waals surface area contributed by atoms with Gasteiger partial charge in [-0.3, -0.25) is 0 Å². The van der Waals surface area contributed by atoms with Crippen molar-refractivity contribution in [2.24, 2.45) is 0 Å². The molecule has 104 valence electrons. The molecule has 1 unspecified atom stereocenters. The van der Waals surface area contributed by atoms with Gasteiger partial charge in [0, 0.05) is 23.7 Å². The molecule has 2 nitrogen and oxygen atoms in total. The molecule has 2 aliphatic rings. The quantitative estimate of drug-likeness (QED) is 0.789. The maximum absolute atomic E-state index is 13.6. The lowest BCUT2D eigenvalue weighted by Gasteiger charge is -2.39. The molecule has 19 heavy (non-hydrogen) atoms. The first-order valence-electron chi connectivity index (χ1n) is 6.63. The van der Waals surface area contributed by atoms with Gasteiger partial charge in [0.25, 0.3) is 0 Å². The fraction of sp³-hybridized carbons (Fsp3) is 0.571. The Morgan fingerprint density at radius 3 is 2.68 bits per heavy atom. The largest absolute Gasteiger partial charge is 0.364 e. The second-order valence-corrected chi connectivity index (χ2v) is 6.23. The summed E-state index contributed by atoms with van der Waals surface area (Å²) in [5.74, 6) is -0.448. The minimum Gasteiger partial charge on any atom is -0.364 e. The Hall–Kier alpha value is -0.350. The standard InChI is InChI=1S/C14H16Cl2FNO/c15-10-6-11(16)12(17)5-9(10)13-7-18-8-14(19-13)3-1-2-4-14/h5-6,13,18H,1-4,7-8H2. The molecule has 0 aromatic heterocycles. The van der Waals surface area contributed by atoms with E-state index in [0.717, 1.165) is 19.4 Å². The van der Waals surface area contributed by atoms with Gasteiger partial charge in [0.1, 0.15) is 5.82 Å². The van der Waals surface area contributed by atoms with Gasteiger partial charge in [0.2, 0.25) is 0 Å². The number of halogens is 3. The zero-order chi connectivity index (χ0) is 13.5. The molecule has 1 atom stereocenters. The Balaban J connectivity index is 1.87. The summed E-state index contributed by atoms with van der Waals surface area (Å²) < 4.78 is 19.9. The van der Waals surface area contributed by atoms with Gasteiger partial charge in [-0.25, -0.2) is 4.39 Å². The van der Waals surface area contributed by atoms with Crippen molar-refractivity contribution in [3.8, 4) is 0 Å². The van der Waals surface area contributed by atoms with Crippen LogP contribution in [0.25, 0.3) is 0 Å². The third-order valence-electron chi connectivity index (χ3n) is 4.07. The van der Waals surface area contributed by atoms with E-state index >= 15 is 0 Å². The Bertz CT molecular complexity index is 489. The minimum absolute atomic E-state index is 0.0492. The summed E-state index contributed by atoms with van der Waals surface area (Å²) in [6, 6.07) is 2.85. The molecule has 1 saturated carbocycles. The molecule has 1 N–H and O–H groups in total. The smallest absolute Gasteiger partial charge is 0.142 e. The number of rotatable bonds is 1. The number of hydrogen-bond donors (Lipinski definition) is 1. The molecular formula is C14H16Cl2FNO. The Kier molecular flexibility index (Phi) is 3.73. The number of hydrogen-bond acceptors (Lipinski definition) is 2. The lowest BCUT2D eigenvalue weighted by atomic mass is 9.97. The Morgan fingerprint density at radius 1 is 1.21 bits per heavy atom. The second-order valence-electron chi connectivity index (χ2n) is 5.42. The van der Waals surface area contributed by atoms with Crippen LogP contribution in [0.3, 0.4) is 0 Å². The maximum atomic E-state index is 13.6. The molecule has 1 heterocycles. The lowest BCUT2D eigenvalue weighted by Crippen LogP contribution is -2.49. The van der Waals surface area contributed by atoms with Crippen LogP contribution in [-0.4, -0.2) is 18.7 Å². The third-order valence-corrected chi connectivity index (χ3v) is 4.69. The summed E-state index contributed by atoms with van der Waals surface area (Å²) in [6.07, 6.45) is 4.30. The normalized spacial score (nSPS) is 25.9. The van der Waals surface area contributed by atoms with Gasteiger partial charge in [-0.15, -0.1) is 0 Å². The summed E-state index contributed by atoms with van der Waals surface area (Å²) in [5, 5.41) is 3.90. The second kappa shape index (κ2) is 5.21. The van der Waals surface area contributed by atoms with E-state index in [1.165, 1.54) is 25.0 Å². The highest BCUT2D eigenvalue weighted by atomic mass is 35.5. The van der Waals surface area contributed by atoms with Gasteiger partial charge in [-0.1, -0.05) is 36.0 Å². The van der Waals surface area contributed by atoms with Crippen LogP contribution in [0.15, 0.2) is 12.1 Å². The molecule has 0 radical (unpaired) electrons. The summed E-state index contributed by atoms with van der Waals surface area (Å²) >= 11 is 11.9. The highest BCUT2D eigenvalue weighted by Gasteiger charge is 2.40. The molecule has 1 aromatic rings. The molecule has 1 aliphatic heterocycles. The van der Waals surface area contributed by atoms with Gasteiger partial charge >= 0.3 is 0 Å². The first-order valence-corrected chi connectivity index (χ1v) is 7.38. The van der Waals surface area contributed by atoms with Crippen molar-refractivity contribution >= 4 is 23.2 Å². The zero-order valence-corrected chi connectivity index (χ0v) is 12.0. The SMILES string of the molecule is Fc1cc(C2CNCC3(CCCC3)O2)c(Cl)cc1Cl. The van der Waals surface area contributed by atoms with Gasteiger partial charge in [0.15, 0.2) is 0 Å². The van der Waals surface area contributed by atoms with Crippen molar-refractivity contribution in [3.05, 3.63) is 33.6 Å². The van der Waals surface area contributed by atoms with Gasteiger partial charge in [-0.2, -0.15) is 0 Å². The molecule has 3 rings (SSSR count). The van der Waals surface area contributed by atoms with Crippen LogP contribution in [-0.2, 0) is 4.74 Å². The molecule has 1 aromatic carbocycles. The number of ether oxygens (including phenoxy) is 1. The van der Waals surface area contributed by atoms with Crippen LogP contribution in [0.5, 0.6) is 0 Å². The van der Waals surface area contributed by atoms with Gasteiger partial charge in [-0.05, 0) is 25.0 Å². The van der Waals surface area contributed by atoms with Crippen LogP contribution in [0.4, 0.5) is 4.39 Å². The molecule has 1 saturated heterocycles. The minimum atomic E-state index is -0.448. The van der Waals surface area contributed by atoms with Gasteiger partial charge in [0.05, 0.1) is 16.7 Å². The van der Waals surface area contributed by atoms with E-state index < -0.39 is 5.82 Å².